The third-order valence-corrected chi connectivity index (χ3v) is 4.14. The van der Waals surface area contributed by atoms with E-state index in [4.69, 9.17) is 0 Å². The lowest BCUT2D eigenvalue weighted by atomic mass is 10.2. The molecule has 6 heteroatoms. The van der Waals surface area contributed by atoms with E-state index in [0.717, 1.165) is 51.8 Å². The summed E-state index contributed by atoms with van der Waals surface area (Å²) in [6, 6.07) is 10.3. The molecule has 1 aliphatic heterocycles. The van der Waals surface area contributed by atoms with E-state index in [0.29, 0.717) is 6.54 Å². The standard InChI is InChI=1S/C18H29N5O/c1-3-19-18(21-15-17-7-5-4-6-8-17)20-9-10-22-11-13-23(14-12-22)16(2)24/h4-8H,3,9-15H2,1-2H3,(H2,19,20,21). The number of guanidine groups is 1. The van der Waals surface area contributed by atoms with Gasteiger partial charge in [0.2, 0.25) is 5.91 Å². The summed E-state index contributed by atoms with van der Waals surface area (Å²) in [5.41, 5.74) is 1.20. The van der Waals surface area contributed by atoms with Crippen LogP contribution in [0.15, 0.2) is 35.3 Å². The molecule has 0 spiro atoms. The van der Waals surface area contributed by atoms with E-state index >= 15 is 0 Å². The highest BCUT2D eigenvalue weighted by Gasteiger charge is 2.17. The maximum Gasteiger partial charge on any atom is 0.219 e. The zero-order chi connectivity index (χ0) is 17.2. The summed E-state index contributed by atoms with van der Waals surface area (Å²) in [6.07, 6.45) is 0. The molecule has 132 valence electrons. The van der Waals surface area contributed by atoms with Crippen LogP contribution in [-0.2, 0) is 11.3 Å². The Labute approximate surface area is 144 Å². The fourth-order valence-corrected chi connectivity index (χ4v) is 2.71. The minimum absolute atomic E-state index is 0.176. The second kappa shape index (κ2) is 9.93. The van der Waals surface area contributed by atoms with Crippen molar-refractivity contribution in [2.24, 2.45) is 4.99 Å². The van der Waals surface area contributed by atoms with Gasteiger partial charge in [0.1, 0.15) is 0 Å². The molecule has 2 N–H and O–H groups in total. The minimum atomic E-state index is 0.176. The largest absolute Gasteiger partial charge is 0.357 e. The van der Waals surface area contributed by atoms with Crippen molar-refractivity contribution >= 4 is 11.9 Å². The van der Waals surface area contributed by atoms with Crippen LogP contribution in [-0.4, -0.2) is 67.5 Å². The van der Waals surface area contributed by atoms with Crippen molar-refractivity contribution in [3.8, 4) is 0 Å². The monoisotopic (exact) mass is 331 g/mol. The van der Waals surface area contributed by atoms with Gasteiger partial charge in [-0.05, 0) is 12.5 Å². The Balaban J connectivity index is 1.72. The number of nitrogens with one attached hydrogen (secondary N) is 2. The molecule has 1 saturated heterocycles. The number of amides is 1. The van der Waals surface area contributed by atoms with Gasteiger partial charge < -0.3 is 15.5 Å². The van der Waals surface area contributed by atoms with Crippen molar-refractivity contribution in [1.82, 2.24) is 20.4 Å². The lowest BCUT2D eigenvalue weighted by Gasteiger charge is -2.34. The van der Waals surface area contributed by atoms with Gasteiger partial charge in [-0.25, -0.2) is 4.99 Å². The van der Waals surface area contributed by atoms with Gasteiger partial charge in [-0.2, -0.15) is 0 Å². The van der Waals surface area contributed by atoms with Gasteiger partial charge in [-0.1, -0.05) is 30.3 Å². The van der Waals surface area contributed by atoms with Gasteiger partial charge in [0.15, 0.2) is 5.96 Å². The van der Waals surface area contributed by atoms with Crippen LogP contribution in [0.1, 0.15) is 19.4 Å². The molecule has 1 amide bonds. The van der Waals surface area contributed by atoms with Crippen molar-refractivity contribution < 1.29 is 4.79 Å². The molecule has 0 unspecified atom stereocenters. The van der Waals surface area contributed by atoms with Gasteiger partial charge in [-0.3, -0.25) is 9.69 Å². The van der Waals surface area contributed by atoms with Crippen molar-refractivity contribution in [2.75, 3.05) is 45.8 Å². The van der Waals surface area contributed by atoms with Gasteiger partial charge >= 0.3 is 0 Å². The summed E-state index contributed by atoms with van der Waals surface area (Å²) < 4.78 is 0. The summed E-state index contributed by atoms with van der Waals surface area (Å²) in [6.45, 7) is 10.6. The molecule has 24 heavy (non-hydrogen) atoms. The average Bonchev–Trinajstić information content (AvgIpc) is 2.61. The number of hydrogen-bond donors (Lipinski definition) is 2. The average molecular weight is 331 g/mol. The number of hydrogen-bond acceptors (Lipinski definition) is 3. The fourth-order valence-electron chi connectivity index (χ4n) is 2.71. The van der Waals surface area contributed by atoms with E-state index in [1.807, 2.05) is 23.1 Å². The van der Waals surface area contributed by atoms with Crippen molar-refractivity contribution in [3.63, 3.8) is 0 Å². The predicted molar refractivity (Wildman–Crippen MR) is 98.0 cm³/mol. The molecule has 1 heterocycles. The van der Waals surface area contributed by atoms with Gasteiger partial charge in [0.05, 0.1) is 6.54 Å². The van der Waals surface area contributed by atoms with Crippen LogP contribution in [0.4, 0.5) is 0 Å². The first-order valence-corrected chi connectivity index (χ1v) is 8.73. The second-order valence-corrected chi connectivity index (χ2v) is 5.96. The molecule has 0 aliphatic carbocycles. The minimum Gasteiger partial charge on any atom is -0.357 e. The molecule has 1 aromatic carbocycles. The molecular formula is C18H29N5O. The summed E-state index contributed by atoms with van der Waals surface area (Å²) >= 11 is 0. The van der Waals surface area contributed by atoms with Crippen molar-refractivity contribution in [3.05, 3.63) is 35.9 Å². The Morgan fingerprint density at radius 2 is 1.83 bits per heavy atom. The Morgan fingerprint density at radius 1 is 1.12 bits per heavy atom. The van der Waals surface area contributed by atoms with E-state index in [1.165, 1.54) is 5.56 Å². The molecule has 0 aromatic heterocycles. The van der Waals surface area contributed by atoms with E-state index < -0.39 is 0 Å². The molecule has 2 rings (SSSR count). The first-order chi connectivity index (χ1) is 11.7. The SMILES string of the molecule is CCNC(=NCc1ccccc1)NCCN1CCN(C(C)=O)CC1. The lowest BCUT2D eigenvalue weighted by Crippen LogP contribution is -2.50. The molecule has 1 aliphatic rings. The quantitative estimate of drug-likeness (QED) is 0.601. The van der Waals surface area contributed by atoms with Gasteiger partial charge in [0, 0.05) is 52.7 Å². The Bertz CT molecular complexity index is 523. The Hall–Kier alpha value is -2.08. The first-order valence-electron chi connectivity index (χ1n) is 8.73. The van der Waals surface area contributed by atoms with E-state index in [1.54, 1.807) is 6.92 Å². The molecule has 0 atom stereocenters. The maximum absolute atomic E-state index is 11.3. The topological polar surface area (TPSA) is 60.0 Å². The van der Waals surface area contributed by atoms with E-state index in [9.17, 15) is 4.79 Å². The van der Waals surface area contributed by atoms with Crippen LogP contribution < -0.4 is 10.6 Å². The van der Waals surface area contributed by atoms with E-state index in [-0.39, 0.29) is 5.91 Å². The molecule has 0 saturated carbocycles. The molecule has 0 bridgehead atoms. The summed E-state index contributed by atoms with van der Waals surface area (Å²) in [5, 5.41) is 6.67. The zero-order valence-corrected chi connectivity index (χ0v) is 14.8. The fraction of sp³-hybridized carbons (Fsp3) is 0.556. The number of carbonyl (C=O) groups excluding carboxylic acids is 1. The Morgan fingerprint density at radius 3 is 2.46 bits per heavy atom. The number of piperazine rings is 1. The maximum atomic E-state index is 11.3. The summed E-state index contributed by atoms with van der Waals surface area (Å²) in [4.78, 5) is 20.3. The number of benzene rings is 1. The van der Waals surface area contributed by atoms with Crippen LogP contribution >= 0.6 is 0 Å². The van der Waals surface area contributed by atoms with Crippen molar-refractivity contribution in [2.45, 2.75) is 20.4 Å². The molecule has 0 radical (unpaired) electrons. The van der Waals surface area contributed by atoms with Crippen LogP contribution in [0.3, 0.4) is 0 Å². The third kappa shape index (κ3) is 6.20. The normalized spacial score (nSPS) is 16.1. The van der Waals surface area contributed by atoms with Crippen LogP contribution in [0, 0.1) is 0 Å². The third-order valence-electron chi connectivity index (χ3n) is 4.14. The molecular weight excluding hydrogens is 302 g/mol. The molecule has 6 nitrogen and oxygen atoms in total. The van der Waals surface area contributed by atoms with E-state index in [2.05, 4.69) is 39.6 Å². The number of carbonyl (C=O) groups is 1. The molecule has 1 aromatic rings. The smallest absolute Gasteiger partial charge is 0.219 e. The number of rotatable bonds is 6. The first kappa shape index (κ1) is 18.3. The highest BCUT2D eigenvalue weighted by Crippen LogP contribution is 2.01. The number of nitrogens with zero attached hydrogens (tertiary/aromatic N) is 3. The second-order valence-electron chi connectivity index (χ2n) is 5.96. The number of aliphatic imine (C=N–C) groups is 1. The lowest BCUT2D eigenvalue weighted by molar-refractivity contribution is -0.130. The van der Waals surface area contributed by atoms with Crippen LogP contribution in [0.2, 0.25) is 0 Å². The Kier molecular flexibility index (Phi) is 7.55. The van der Waals surface area contributed by atoms with Gasteiger partial charge in [0.25, 0.3) is 0 Å². The summed E-state index contributed by atoms with van der Waals surface area (Å²) in [5.74, 6) is 1.03. The molecule has 1 fully saturated rings. The van der Waals surface area contributed by atoms with Gasteiger partial charge in [-0.15, -0.1) is 0 Å². The van der Waals surface area contributed by atoms with Crippen molar-refractivity contribution in [1.29, 1.82) is 0 Å². The zero-order valence-electron chi connectivity index (χ0n) is 14.8. The van der Waals surface area contributed by atoms with Crippen LogP contribution in [0.25, 0.3) is 0 Å². The van der Waals surface area contributed by atoms with Crippen LogP contribution in [0.5, 0.6) is 0 Å². The predicted octanol–water partition coefficient (Wildman–Crippen LogP) is 0.906. The highest BCUT2D eigenvalue weighted by atomic mass is 16.2. The highest BCUT2D eigenvalue weighted by molar-refractivity contribution is 5.79. The summed E-state index contributed by atoms with van der Waals surface area (Å²) in [7, 11) is 0.